The number of aromatic nitrogens is 2. The van der Waals surface area contributed by atoms with E-state index in [0.29, 0.717) is 11.3 Å². The fourth-order valence-electron chi connectivity index (χ4n) is 1.36. The van der Waals surface area contributed by atoms with Crippen molar-refractivity contribution in [3.63, 3.8) is 0 Å². The summed E-state index contributed by atoms with van der Waals surface area (Å²) in [5, 5.41) is 6.36. The number of benzene rings is 1. The lowest BCUT2D eigenvalue weighted by molar-refractivity contribution is 0.589. The molecular weight excluding hydrogens is 186 g/mol. The molecule has 1 heterocycles. The minimum absolute atomic E-state index is 0.0289. The number of rotatable bonds is 1. The monoisotopic (exact) mass is 194 g/mol. The van der Waals surface area contributed by atoms with Crippen molar-refractivity contribution < 1.29 is 8.78 Å². The van der Waals surface area contributed by atoms with E-state index in [9.17, 15) is 8.78 Å². The molecule has 0 spiro atoms. The van der Waals surface area contributed by atoms with E-state index in [0.717, 1.165) is 0 Å². The first kappa shape index (κ1) is 8.87. The van der Waals surface area contributed by atoms with Crippen molar-refractivity contribution in [3.05, 3.63) is 41.7 Å². The van der Waals surface area contributed by atoms with Gasteiger partial charge >= 0.3 is 0 Å². The standard InChI is InChI=1S/C10H8F2N2/c1-6-7(5-13-14-6)10-8(11)3-2-4-9(10)12/h2-5H,1H3,(H,13,14). The average Bonchev–Trinajstić information content (AvgIpc) is 2.52. The lowest BCUT2D eigenvalue weighted by atomic mass is 10.1. The summed E-state index contributed by atoms with van der Waals surface area (Å²) in [5.41, 5.74) is 1.08. The number of halogens is 2. The van der Waals surface area contributed by atoms with E-state index in [1.165, 1.54) is 24.4 Å². The zero-order valence-electron chi connectivity index (χ0n) is 7.51. The van der Waals surface area contributed by atoms with Crippen LogP contribution in [0.1, 0.15) is 5.69 Å². The Morgan fingerprint density at radius 3 is 2.36 bits per heavy atom. The molecule has 2 rings (SSSR count). The van der Waals surface area contributed by atoms with Crippen LogP contribution < -0.4 is 0 Å². The summed E-state index contributed by atoms with van der Waals surface area (Å²) in [4.78, 5) is 0. The van der Waals surface area contributed by atoms with Crippen molar-refractivity contribution in [2.45, 2.75) is 6.92 Å². The third kappa shape index (κ3) is 1.28. The van der Waals surface area contributed by atoms with Gasteiger partial charge in [0.05, 0.1) is 11.8 Å². The molecule has 0 aliphatic carbocycles. The SMILES string of the molecule is Cc1[nH]ncc1-c1c(F)cccc1F. The molecule has 14 heavy (non-hydrogen) atoms. The number of H-pyrrole nitrogens is 1. The molecule has 0 saturated heterocycles. The molecular formula is C10H8F2N2. The molecule has 0 bridgehead atoms. The van der Waals surface area contributed by atoms with Crippen LogP contribution in [0.4, 0.5) is 8.78 Å². The van der Waals surface area contributed by atoms with Crippen LogP contribution in [-0.4, -0.2) is 10.2 Å². The Morgan fingerprint density at radius 2 is 1.86 bits per heavy atom. The Labute approximate surface area is 79.6 Å². The topological polar surface area (TPSA) is 28.7 Å². The van der Waals surface area contributed by atoms with Crippen LogP contribution in [0, 0.1) is 18.6 Å². The lowest BCUT2D eigenvalue weighted by Gasteiger charge is -2.02. The number of aromatic amines is 1. The maximum Gasteiger partial charge on any atom is 0.134 e. The van der Waals surface area contributed by atoms with Crippen LogP contribution in [-0.2, 0) is 0 Å². The van der Waals surface area contributed by atoms with Crippen molar-refractivity contribution in [2.24, 2.45) is 0 Å². The lowest BCUT2D eigenvalue weighted by Crippen LogP contribution is -1.89. The van der Waals surface area contributed by atoms with Crippen molar-refractivity contribution in [3.8, 4) is 11.1 Å². The first-order valence-corrected chi connectivity index (χ1v) is 4.14. The Balaban J connectivity index is 2.68. The van der Waals surface area contributed by atoms with E-state index >= 15 is 0 Å². The molecule has 72 valence electrons. The van der Waals surface area contributed by atoms with Crippen molar-refractivity contribution in [1.29, 1.82) is 0 Å². The van der Waals surface area contributed by atoms with E-state index in [2.05, 4.69) is 10.2 Å². The van der Waals surface area contributed by atoms with Gasteiger partial charge in [-0.2, -0.15) is 5.10 Å². The Bertz CT molecular complexity index is 443. The third-order valence-electron chi connectivity index (χ3n) is 2.06. The summed E-state index contributed by atoms with van der Waals surface area (Å²) in [6, 6.07) is 3.79. The molecule has 0 atom stereocenters. The fourth-order valence-corrected chi connectivity index (χ4v) is 1.36. The summed E-state index contributed by atoms with van der Waals surface area (Å²) >= 11 is 0. The highest BCUT2D eigenvalue weighted by atomic mass is 19.1. The molecule has 2 aromatic rings. The van der Waals surface area contributed by atoms with Gasteiger partial charge in [-0.3, -0.25) is 5.10 Å². The van der Waals surface area contributed by atoms with Gasteiger partial charge in [-0.1, -0.05) is 6.07 Å². The summed E-state index contributed by atoms with van der Waals surface area (Å²) in [7, 11) is 0. The van der Waals surface area contributed by atoms with Crippen LogP contribution in [0.2, 0.25) is 0 Å². The van der Waals surface area contributed by atoms with Gasteiger partial charge in [-0.05, 0) is 19.1 Å². The van der Waals surface area contributed by atoms with Crippen LogP contribution in [0.3, 0.4) is 0 Å². The normalized spacial score (nSPS) is 10.5. The van der Waals surface area contributed by atoms with Crippen LogP contribution in [0.5, 0.6) is 0 Å². The summed E-state index contributed by atoms with van der Waals surface area (Å²) < 4.78 is 26.6. The predicted octanol–water partition coefficient (Wildman–Crippen LogP) is 2.66. The number of hydrogen-bond donors (Lipinski definition) is 1. The molecule has 0 amide bonds. The van der Waals surface area contributed by atoms with E-state index < -0.39 is 11.6 Å². The highest BCUT2D eigenvalue weighted by Crippen LogP contribution is 2.26. The summed E-state index contributed by atoms with van der Waals surface area (Å²) in [6.45, 7) is 1.72. The van der Waals surface area contributed by atoms with Crippen LogP contribution >= 0.6 is 0 Å². The van der Waals surface area contributed by atoms with Gasteiger partial charge in [-0.15, -0.1) is 0 Å². The minimum Gasteiger partial charge on any atom is -0.282 e. The minimum atomic E-state index is -0.575. The number of nitrogens with zero attached hydrogens (tertiary/aromatic N) is 1. The maximum atomic E-state index is 13.3. The Morgan fingerprint density at radius 1 is 1.21 bits per heavy atom. The van der Waals surface area contributed by atoms with Gasteiger partial charge in [0.2, 0.25) is 0 Å². The fraction of sp³-hybridized carbons (Fsp3) is 0.100. The molecule has 4 heteroatoms. The first-order valence-electron chi connectivity index (χ1n) is 4.14. The Kier molecular flexibility index (Phi) is 2.04. The van der Waals surface area contributed by atoms with E-state index in [-0.39, 0.29) is 5.56 Å². The molecule has 1 aromatic carbocycles. The molecule has 0 saturated carbocycles. The largest absolute Gasteiger partial charge is 0.282 e. The maximum absolute atomic E-state index is 13.3. The molecule has 1 aromatic heterocycles. The van der Waals surface area contributed by atoms with Crippen LogP contribution in [0.25, 0.3) is 11.1 Å². The van der Waals surface area contributed by atoms with Gasteiger partial charge in [0, 0.05) is 11.3 Å². The van der Waals surface area contributed by atoms with E-state index in [4.69, 9.17) is 0 Å². The van der Waals surface area contributed by atoms with Gasteiger partial charge in [0.1, 0.15) is 11.6 Å². The van der Waals surface area contributed by atoms with Crippen molar-refractivity contribution in [1.82, 2.24) is 10.2 Å². The molecule has 0 aliphatic rings. The van der Waals surface area contributed by atoms with Gasteiger partial charge in [-0.25, -0.2) is 8.78 Å². The molecule has 0 unspecified atom stereocenters. The zero-order valence-corrected chi connectivity index (χ0v) is 7.51. The second kappa shape index (κ2) is 3.21. The quantitative estimate of drug-likeness (QED) is 0.742. The molecule has 0 radical (unpaired) electrons. The second-order valence-electron chi connectivity index (χ2n) is 3.01. The second-order valence-corrected chi connectivity index (χ2v) is 3.01. The van der Waals surface area contributed by atoms with Gasteiger partial charge in [0.15, 0.2) is 0 Å². The smallest absolute Gasteiger partial charge is 0.134 e. The third-order valence-corrected chi connectivity index (χ3v) is 2.06. The molecule has 1 N–H and O–H groups in total. The zero-order chi connectivity index (χ0) is 10.1. The number of hydrogen-bond acceptors (Lipinski definition) is 1. The summed E-state index contributed by atoms with van der Waals surface area (Å²) in [6.07, 6.45) is 1.41. The highest BCUT2D eigenvalue weighted by Gasteiger charge is 2.13. The summed E-state index contributed by atoms with van der Waals surface area (Å²) in [5.74, 6) is -1.15. The van der Waals surface area contributed by atoms with Crippen molar-refractivity contribution >= 4 is 0 Å². The Hall–Kier alpha value is -1.71. The van der Waals surface area contributed by atoms with Crippen LogP contribution in [0.15, 0.2) is 24.4 Å². The van der Waals surface area contributed by atoms with Crippen molar-refractivity contribution in [2.75, 3.05) is 0 Å². The van der Waals surface area contributed by atoms with Gasteiger partial charge in [0.25, 0.3) is 0 Å². The number of nitrogens with one attached hydrogen (secondary N) is 1. The van der Waals surface area contributed by atoms with E-state index in [1.807, 2.05) is 0 Å². The number of aryl methyl sites for hydroxylation is 1. The van der Waals surface area contributed by atoms with Gasteiger partial charge < -0.3 is 0 Å². The van der Waals surface area contributed by atoms with E-state index in [1.54, 1.807) is 6.92 Å². The molecule has 2 nitrogen and oxygen atoms in total. The predicted molar refractivity (Wildman–Crippen MR) is 48.7 cm³/mol. The average molecular weight is 194 g/mol. The molecule has 0 aliphatic heterocycles. The first-order chi connectivity index (χ1) is 6.70. The highest BCUT2D eigenvalue weighted by molar-refractivity contribution is 5.66. The molecule has 0 fully saturated rings.